The van der Waals surface area contributed by atoms with Crippen molar-refractivity contribution >= 4 is 88.7 Å². The number of fused-ring (bicyclic) bond motifs is 13. The normalized spacial score (nSPS) is 13.0. The van der Waals surface area contributed by atoms with Crippen LogP contribution in [0.1, 0.15) is 5.56 Å². The van der Waals surface area contributed by atoms with Gasteiger partial charge in [0.15, 0.2) is 6.20 Å². The van der Waals surface area contributed by atoms with Gasteiger partial charge in [0.2, 0.25) is 5.69 Å². The molecule has 0 atom stereocenters. The van der Waals surface area contributed by atoms with E-state index in [0.717, 1.165) is 38.8 Å². The predicted octanol–water partition coefficient (Wildman–Crippen LogP) is 9.39. The number of para-hydroxylation sites is 4. The third kappa shape index (κ3) is 3.43. The molecule has 250 valence electrons. The SMILES string of the molecule is Cc1ccc2c(oc3cc(-c4cc5c6c(c4)-n4c7ccccc7c7cccc(c74)B6c4cccc6c7ccccc7n-5c46)ccc32)c1-c1cccc[n+]1C. The monoisotopic (exact) mass is 688 g/mol. The van der Waals surface area contributed by atoms with Gasteiger partial charge in [-0.2, -0.15) is 0 Å². The maximum atomic E-state index is 6.89. The molecule has 2 aliphatic rings. The van der Waals surface area contributed by atoms with E-state index in [-0.39, 0.29) is 6.71 Å². The van der Waals surface area contributed by atoms with Crippen LogP contribution in [0.4, 0.5) is 0 Å². The quantitative estimate of drug-likeness (QED) is 0.131. The van der Waals surface area contributed by atoms with E-state index in [4.69, 9.17) is 4.42 Å². The van der Waals surface area contributed by atoms with Crippen LogP contribution in [0.2, 0.25) is 0 Å². The lowest BCUT2D eigenvalue weighted by Gasteiger charge is -2.34. The molecular weight excluding hydrogens is 657 g/mol. The average Bonchev–Trinajstić information content (AvgIpc) is 3.87. The van der Waals surface area contributed by atoms with E-state index in [1.54, 1.807) is 0 Å². The van der Waals surface area contributed by atoms with Gasteiger partial charge in [0.1, 0.15) is 18.2 Å². The minimum Gasteiger partial charge on any atom is -0.455 e. The summed E-state index contributed by atoms with van der Waals surface area (Å²) in [5, 5.41) is 7.46. The van der Waals surface area contributed by atoms with Crippen molar-refractivity contribution in [2.24, 2.45) is 7.05 Å². The van der Waals surface area contributed by atoms with Gasteiger partial charge in [-0.1, -0.05) is 91.0 Å². The zero-order valence-corrected chi connectivity index (χ0v) is 29.8. The lowest BCUT2D eigenvalue weighted by molar-refractivity contribution is -0.660. The summed E-state index contributed by atoms with van der Waals surface area (Å²) in [6.07, 6.45) is 2.10. The van der Waals surface area contributed by atoms with Crippen LogP contribution in [0.15, 0.2) is 156 Å². The highest BCUT2D eigenvalue weighted by atomic mass is 16.3. The Kier molecular flexibility index (Phi) is 5.30. The number of benzene rings is 7. The van der Waals surface area contributed by atoms with Crippen LogP contribution in [0.5, 0.6) is 0 Å². The second kappa shape index (κ2) is 9.97. The average molecular weight is 689 g/mol. The van der Waals surface area contributed by atoms with Crippen LogP contribution in [-0.4, -0.2) is 15.8 Å². The molecule has 6 heterocycles. The van der Waals surface area contributed by atoms with E-state index in [1.165, 1.54) is 82.5 Å². The fraction of sp³-hybridized carbons (Fsp3) is 0.0408. The van der Waals surface area contributed by atoms with E-state index >= 15 is 0 Å². The molecule has 4 nitrogen and oxygen atoms in total. The van der Waals surface area contributed by atoms with Crippen molar-refractivity contribution in [3.63, 3.8) is 0 Å². The first-order valence-corrected chi connectivity index (χ1v) is 18.8. The number of pyridine rings is 1. The van der Waals surface area contributed by atoms with Gasteiger partial charge in [-0.05, 0) is 82.5 Å². The molecule has 0 aliphatic carbocycles. The Morgan fingerprint density at radius 3 is 1.81 bits per heavy atom. The van der Waals surface area contributed by atoms with Gasteiger partial charge in [0.05, 0.1) is 16.6 Å². The Hall–Kier alpha value is -6.85. The van der Waals surface area contributed by atoms with Crippen molar-refractivity contribution in [2.45, 2.75) is 6.92 Å². The van der Waals surface area contributed by atoms with Gasteiger partial charge in [0.25, 0.3) is 6.71 Å². The molecule has 13 rings (SSSR count). The number of hydrogen-bond donors (Lipinski definition) is 0. The summed E-state index contributed by atoms with van der Waals surface area (Å²) < 4.78 is 14.2. The predicted molar refractivity (Wildman–Crippen MR) is 224 cm³/mol. The van der Waals surface area contributed by atoms with Crippen LogP contribution < -0.4 is 21.0 Å². The number of aromatic nitrogens is 3. The molecule has 0 saturated heterocycles. The summed E-state index contributed by atoms with van der Waals surface area (Å²) in [6, 6.07) is 54.1. The minimum absolute atomic E-state index is 0.115. The van der Waals surface area contributed by atoms with Crippen molar-refractivity contribution in [1.29, 1.82) is 0 Å². The maximum Gasteiger partial charge on any atom is 0.252 e. The molecule has 2 aliphatic heterocycles. The number of nitrogens with zero attached hydrogens (tertiary/aromatic N) is 3. The molecule has 7 aromatic carbocycles. The summed E-state index contributed by atoms with van der Waals surface area (Å²) >= 11 is 0. The van der Waals surface area contributed by atoms with Crippen LogP contribution in [0.3, 0.4) is 0 Å². The molecule has 0 N–H and O–H groups in total. The smallest absolute Gasteiger partial charge is 0.252 e. The number of furan rings is 1. The summed E-state index contributed by atoms with van der Waals surface area (Å²) in [7, 11) is 2.10. The zero-order chi connectivity index (χ0) is 35.4. The first-order valence-electron chi connectivity index (χ1n) is 18.8. The molecule has 4 aromatic heterocycles. The van der Waals surface area contributed by atoms with E-state index < -0.39 is 0 Å². The standard InChI is InChI=1S/C49H31BN3O/c1-28-20-22-36-33-23-21-29(27-44(33)54-49(36)45(28)41-19-7-8-24-51(41)2)30-25-42-46-43(26-30)53-40-18-6-4-12-32(40)35-14-10-16-38(48(35)53)50(46)37-15-9-13-34-31-11-3-5-17-39(31)52(42)47(34)37/h3-27H,1-2H3/q+1. The van der Waals surface area contributed by atoms with Crippen molar-refractivity contribution < 1.29 is 8.98 Å². The largest absolute Gasteiger partial charge is 0.455 e. The topological polar surface area (TPSA) is 26.9 Å². The van der Waals surface area contributed by atoms with E-state index in [2.05, 4.69) is 179 Å². The Balaban J connectivity index is 1.14. The molecule has 0 fully saturated rings. The van der Waals surface area contributed by atoms with Gasteiger partial charge >= 0.3 is 0 Å². The third-order valence-corrected chi connectivity index (χ3v) is 12.5. The molecule has 5 heteroatoms. The first-order chi connectivity index (χ1) is 26.6. The third-order valence-electron chi connectivity index (χ3n) is 12.5. The molecule has 0 bridgehead atoms. The van der Waals surface area contributed by atoms with E-state index in [1.807, 2.05) is 0 Å². The van der Waals surface area contributed by atoms with Crippen LogP contribution in [0, 0.1) is 6.92 Å². The van der Waals surface area contributed by atoms with Crippen LogP contribution in [-0.2, 0) is 7.05 Å². The lowest BCUT2D eigenvalue weighted by Crippen LogP contribution is -2.59. The Morgan fingerprint density at radius 1 is 0.537 bits per heavy atom. The highest BCUT2D eigenvalue weighted by Gasteiger charge is 2.41. The Labute approximate surface area is 310 Å². The minimum atomic E-state index is 0.115. The molecule has 0 spiro atoms. The van der Waals surface area contributed by atoms with E-state index in [9.17, 15) is 0 Å². The molecule has 11 aromatic rings. The van der Waals surface area contributed by atoms with Crippen molar-refractivity contribution in [3.8, 4) is 33.8 Å². The maximum absolute atomic E-state index is 6.89. The van der Waals surface area contributed by atoms with Gasteiger partial charge < -0.3 is 13.6 Å². The highest BCUT2D eigenvalue weighted by Crippen LogP contribution is 2.42. The van der Waals surface area contributed by atoms with Gasteiger partial charge in [-0.25, -0.2) is 4.57 Å². The fourth-order valence-corrected chi connectivity index (χ4v) is 10.2. The summed E-state index contributed by atoms with van der Waals surface area (Å²) in [5.74, 6) is 0. The number of rotatable bonds is 2. The van der Waals surface area contributed by atoms with Gasteiger partial charge in [-0.3, -0.25) is 0 Å². The van der Waals surface area contributed by atoms with Crippen LogP contribution in [0.25, 0.3) is 99.3 Å². The van der Waals surface area contributed by atoms with Crippen molar-refractivity contribution in [3.05, 3.63) is 157 Å². The Bertz CT molecular complexity index is 3350. The molecule has 0 amide bonds. The van der Waals surface area contributed by atoms with Crippen molar-refractivity contribution in [2.75, 3.05) is 0 Å². The van der Waals surface area contributed by atoms with Crippen molar-refractivity contribution in [1.82, 2.24) is 9.13 Å². The number of hydrogen-bond acceptors (Lipinski definition) is 1. The molecule has 0 radical (unpaired) electrons. The number of aryl methyl sites for hydroxylation is 2. The Morgan fingerprint density at radius 2 is 1.15 bits per heavy atom. The fourth-order valence-electron chi connectivity index (χ4n) is 10.2. The second-order valence-corrected chi connectivity index (χ2v) is 15.2. The second-order valence-electron chi connectivity index (χ2n) is 15.2. The molecule has 0 saturated carbocycles. The molecule has 54 heavy (non-hydrogen) atoms. The van der Waals surface area contributed by atoms with E-state index in [0.29, 0.717) is 0 Å². The summed E-state index contributed by atoms with van der Waals surface area (Å²) in [6.45, 7) is 2.29. The van der Waals surface area contributed by atoms with Gasteiger partial charge in [0, 0.05) is 66.9 Å². The highest BCUT2D eigenvalue weighted by molar-refractivity contribution is 7.00. The summed E-state index contributed by atoms with van der Waals surface area (Å²) in [4.78, 5) is 0. The lowest BCUT2D eigenvalue weighted by atomic mass is 9.34. The van der Waals surface area contributed by atoms with Crippen LogP contribution >= 0.6 is 0 Å². The summed E-state index contributed by atoms with van der Waals surface area (Å²) in [5.41, 5.74) is 19.3. The zero-order valence-electron chi connectivity index (χ0n) is 29.8. The van der Waals surface area contributed by atoms with Gasteiger partial charge in [-0.15, -0.1) is 0 Å². The molecule has 0 unspecified atom stereocenters. The first kappa shape index (κ1) is 28.7. The molecular formula is C49H31BN3O+.